The van der Waals surface area contributed by atoms with Crippen molar-refractivity contribution in [2.45, 2.75) is 24.8 Å². The van der Waals surface area contributed by atoms with Crippen molar-refractivity contribution in [3.63, 3.8) is 0 Å². The van der Waals surface area contributed by atoms with Gasteiger partial charge in [0.05, 0.1) is 5.56 Å². The number of carbonyl (C=O) groups excluding carboxylic acids is 1. The number of aromatic carboxylic acids is 1. The predicted octanol–water partition coefficient (Wildman–Crippen LogP) is 1.58. The summed E-state index contributed by atoms with van der Waals surface area (Å²) in [6.07, 6.45) is 0. The van der Waals surface area contributed by atoms with E-state index in [2.05, 4.69) is 21.2 Å². The molecule has 0 fully saturated rings. The van der Waals surface area contributed by atoms with Crippen molar-refractivity contribution in [1.29, 1.82) is 0 Å². The Kier molecular flexibility index (Phi) is 5.46. The van der Waals surface area contributed by atoms with Gasteiger partial charge in [0.25, 0.3) is 0 Å². The highest BCUT2D eigenvalue weighted by Crippen LogP contribution is 2.25. The highest BCUT2D eigenvalue weighted by Gasteiger charge is 2.27. The summed E-state index contributed by atoms with van der Waals surface area (Å²) >= 11 is 2.92. The van der Waals surface area contributed by atoms with E-state index in [4.69, 9.17) is 5.11 Å². The summed E-state index contributed by atoms with van der Waals surface area (Å²) in [5, 5.41) is 11.2. The number of carbonyl (C=O) groups is 2. The SMILES string of the molecule is CC(C)NC(=O)CS(=O)(=O)c1cc(Br)cc(C(=O)O)c1F. The largest absolute Gasteiger partial charge is 0.478 e. The Hall–Kier alpha value is -1.48. The normalized spacial score (nSPS) is 11.5. The highest BCUT2D eigenvalue weighted by molar-refractivity contribution is 9.10. The number of hydrogen-bond donors (Lipinski definition) is 2. The van der Waals surface area contributed by atoms with E-state index >= 15 is 0 Å². The molecule has 0 aliphatic heterocycles. The average molecular weight is 382 g/mol. The van der Waals surface area contributed by atoms with Gasteiger partial charge in [-0.1, -0.05) is 15.9 Å². The molecule has 0 saturated carbocycles. The molecule has 0 bridgehead atoms. The number of hydrogen-bond acceptors (Lipinski definition) is 4. The number of rotatable bonds is 5. The molecule has 1 rings (SSSR count). The number of halogens is 2. The van der Waals surface area contributed by atoms with Crippen LogP contribution in [0.25, 0.3) is 0 Å². The summed E-state index contributed by atoms with van der Waals surface area (Å²) in [5.74, 6) is -4.74. The van der Waals surface area contributed by atoms with Crippen molar-refractivity contribution in [3.8, 4) is 0 Å². The molecule has 1 amide bonds. The van der Waals surface area contributed by atoms with Gasteiger partial charge in [-0.15, -0.1) is 0 Å². The quantitative estimate of drug-likeness (QED) is 0.806. The van der Waals surface area contributed by atoms with Crippen molar-refractivity contribution in [2.24, 2.45) is 0 Å². The van der Waals surface area contributed by atoms with Crippen molar-refractivity contribution in [1.82, 2.24) is 5.32 Å². The Morgan fingerprint density at radius 3 is 2.43 bits per heavy atom. The minimum atomic E-state index is -4.29. The van der Waals surface area contributed by atoms with Crippen molar-refractivity contribution in [3.05, 3.63) is 28.0 Å². The molecule has 0 radical (unpaired) electrons. The predicted molar refractivity (Wildman–Crippen MR) is 76.4 cm³/mol. The van der Waals surface area contributed by atoms with Crippen LogP contribution in [0.15, 0.2) is 21.5 Å². The van der Waals surface area contributed by atoms with E-state index in [1.54, 1.807) is 13.8 Å². The third kappa shape index (κ3) is 4.50. The second kappa shape index (κ2) is 6.52. The van der Waals surface area contributed by atoms with E-state index in [1.165, 1.54) is 0 Å². The van der Waals surface area contributed by atoms with Gasteiger partial charge in [-0.2, -0.15) is 0 Å². The van der Waals surface area contributed by atoms with Gasteiger partial charge in [0.15, 0.2) is 15.7 Å². The number of carboxylic acid groups (broad SMARTS) is 1. The van der Waals surface area contributed by atoms with E-state index < -0.39 is 43.7 Å². The molecule has 0 spiro atoms. The summed E-state index contributed by atoms with van der Waals surface area (Å²) in [6, 6.07) is 1.61. The molecule has 9 heteroatoms. The van der Waals surface area contributed by atoms with E-state index in [1.807, 2.05) is 0 Å². The van der Waals surface area contributed by atoms with E-state index in [0.29, 0.717) is 0 Å². The first-order valence-electron chi connectivity index (χ1n) is 5.79. The highest BCUT2D eigenvalue weighted by atomic mass is 79.9. The minimum absolute atomic E-state index is 0.0872. The molecular weight excluding hydrogens is 369 g/mol. The maximum atomic E-state index is 14.0. The molecule has 2 N–H and O–H groups in total. The third-order valence-electron chi connectivity index (χ3n) is 2.34. The molecule has 0 aromatic heterocycles. The lowest BCUT2D eigenvalue weighted by molar-refractivity contribution is -0.119. The van der Waals surface area contributed by atoms with E-state index in [0.717, 1.165) is 12.1 Å². The average Bonchev–Trinajstić information content (AvgIpc) is 2.29. The number of sulfone groups is 1. The first kappa shape index (κ1) is 17.6. The zero-order valence-electron chi connectivity index (χ0n) is 11.2. The first-order valence-corrected chi connectivity index (χ1v) is 8.23. The number of benzene rings is 1. The lowest BCUT2D eigenvalue weighted by Crippen LogP contribution is -2.35. The second-order valence-corrected chi connectivity index (χ2v) is 7.43. The zero-order chi connectivity index (χ0) is 16.4. The third-order valence-corrected chi connectivity index (χ3v) is 4.41. The Morgan fingerprint density at radius 2 is 1.95 bits per heavy atom. The second-order valence-electron chi connectivity index (χ2n) is 4.55. The number of carboxylic acids is 1. The monoisotopic (exact) mass is 381 g/mol. The van der Waals surface area contributed by atoms with Crippen LogP contribution in [-0.4, -0.2) is 37.2 Å². The van der Waals surface area contributed by atoms with Crippen LogP contribution in [0.4, 0.5) is 4.39 Å². The summed E-state index contributed by atoms with van der Waals surface area (Å²) in [6.45, 7) is 3.29. The van der Waals surface area contributed by atoms with Gasteiger partial charge in [-0.25, -0.2) is 17.6 Å². The summed E-state index contributed by atoms with van der Waals surface area (Å²) in [7, 11) is -4.29. The van der Waals surface area contributed by atoms with Crippen LogP contribution in [0, 0.1) is 5.82 Å². The Labute approximate surface area is 129 Å². The molecule has 0 saturated heterocycles. The van der Waals surface area contributed by atoms with Crippen LogP contribution in [0.1, 0.15) is 24.2 Å². The van der Waals surface area contributed by atoms with E-state index in [9.17, 15) is 22.4 Å². The number of nitrogens with one attached hydrogen (secondary N) is 1. The molecule has 0 heterocycles. The van der Waals surface area contributed by atoms with Crippen LogP contribution in [-0.2, 0) is 14.6 Å². The minimum Gasteiger partial charge on any atom is -0.478 e. The van der Waals surface area contributed by atoms with Gasteiger partial charge in [0, 0.05) is 10.5 Å². The molecule has 0 unspecified atom stereocenters. The molecule has 1 aromatic rings. The van der Waals surface area contributed by atoms with Crippen LogP contribution in [0.2, 0.25) is 0 Å². The fourth-order valence-corrected chi connectivity index (χ4v) is 3.44. The Morgan fingerprint density at radius 1 is 1.38 bits per heavy atom. The fourth-order valence-electron chi connectivity index (χ4n) is 1.56. The van der Waals surface area contributed by atoms with Crippen LogP contribution < -0.4 is 5.32 Å². The summed E-state index contributed by atoms with van der Waals surface area (Å²) in [5.41, 5.74) is -0.785. The summed E-state index contributed by atoms with van der Waals surface area (Å²) in [4.78, 5) is 21.6. The van der Waals surface area contributed by atoms with Gasteiger partial charge in [0.1, 0.15) is 10.6 Å². The Balaban J connectivity index is 3.26. The topological polar surface area (TPSA) is 101 Å². The zero-order valence-corrected chi connectivity index (χ0v) is 13.6. The molecule has 0 aliphatic rings. The van der Waals surface area contributed by atoms with Crippen LogP contribution in [0.3, 0.4) is 0 Å². The lowest BCUT2D eigenvalue weighted by atomic mass is 10.2. The molecule has 21 heavy (non-hydrogen) atoms. The van der Waals surface area contributed by atoms with Gasteiger partial charge in [-0.05, 0) is 26.0 Å². The van der Waals surface area contributed by atoms with Gasteiger partial charge in [0.2, 0.25) is 5.91 Å². The first-order chi connectivity index (χ1) is 9.54. The van der Waals surface area contributed by atoms with Crippen molar-refractivity contribution >= 4 is 37.6 Å². The smallest absolute Gasteiger partial charge is 0.338 e. The van der Waals surface area contributed by atoms with Crippen LogP contribution in [0.5, 0.6) is 0 Å². The van der Waals surface area contributed by atoms with Gasteiger partial charge >= 0.3 is 5.97 Å². The molecule has 116 valence electrons. The van der Waals surface area contributed by atoms with Crippen LogP contribution >= 0.6 is 15.9 Å². The van der Waals surface area contributed by atoms with Gasteiger partial charge in [-0.3, -0.25) is 4.79 Å². The molecule has 0 atom stereocenters. The van der Waals surface area contributed by atoms with Crippen molar-refractivity contribution < 1.29 is 27.5 Å². The van der Waals surface area contributed by atoms with E-state index in [-0.39, 0.29) is 10.5 Å². The van der Waals surface area contributed by atoms with Gasteiger partial charge < -0.3 is 10.4 Å². The van der Waals surface area contributed by atoms with Crippen molar-refractivity contribution in [2.75, 3.05) is 5.75 Å². The lowest BCUT2D eigenvalue weighted by Gasteiger charge is -2.10. The fraction of sp³-hybridized carbons (Fsp3) is 0.333. The maximum absolute atomic E-state index is 14.0. The number of amides is 1. The maximum Gasteiger partial charge on any atom is 0.338 e. The molecule has 0 aliphatic carbocycles. The molecular formula is C12H13BrFNO5S. The summed E-state index contributed by atoms with van der Waals surface area (Å²) < 4.78 is 38.2. The Bertz CT molecular complexity index is 687. The standard InChI is InChI=1S/C12H13BrFNO5S/c1-6(2)15-10(16)5-21(19,20)9-4-7(13)3-8(11(9)14)12(17)18/h3-4,6H,5H2,1-2H3,(H,15,16)(H,17,18). The molecule has 6 nitrogen and oxygen atoms in total. The molecule has 1 aromatic carbocycles.